The maximum atomic E-state index is 13.1. The predicted molar refractivity (Wildman–Crippen MR) is 123 cm³/mol. The summed E-state index contributed by atoms with van der Waals surface area (Å²) in [5, 5.41) is 3.00. The molecule has 2 aliphatic rings. The number of morpholine rings is 1. The van der Waals surface area contributed by atoms with Crippen LogP contribution in [-0.4, -0.2) is 61.3 Å². The molecule has 4 rings (SSSR count). The van der Waals surface area contributed by atoms with Gasteiger partial charge in [0, 0.05) is 56.8 Å². The summed E-state index contributed by atoms with van der Waals surface area (Å²) in [5.41, 5.74) is 3.63. The zero-order valence-electron chi connectivity index (χ0n) is 18.5. The molecule has 1 amide bonds. The van der Waals surface area contributed by atoms with Crippen molar-refractivity contribution in [1.82, 2.24) is 9.47 Å². The van der Waals surface area contributed by atoms with E-state index in [1.165, 1.54) is 12.8 Å². The Morgan fingerprint density at radius 2 is 1.77 bits per heavy atom. The fourth-order valence-electron chi connectivity index (χ4n) is 4.44. The molecule has 2 aromatic rings. The van der Waals surface area contributed by atoms with Crippen molar-refractivity contribution in [3.63, 3.8) is 0 Å². The average molecular weight is 425 g/mol. The molecule has 1 aromatic carbocycles. The van der Waals surface area contributed by atoms with Gasteiger partial charge in [0.2, 0.25) is 0 Å². The topological polar surface area (TPSA) is 66.8 Å². The summed E-state index contributed by atoms with van der Waals surface area (Å²) >= 11 is 0. The molecule has 2 saturated heterocycles. The fourth-order valence-corrected chi connectivity index (χ4v) is 4.44. The molecule has 0 radical (unpaired) electrons. The van der Waals surface area contributed by atoms with Gasteiger partial charge in [0.1, 0.15) is 5.56 Å². The molecule has 7 nitrogen and oxygen atoms in total. The molecule has 0 saturated carbocycles. The van der Waals surface area contributed by atoms with Crippen LogP contribution in [0.5, 0.6) is 0 Å². The number of ether oxygens (including phenoxy) is 1. The summed E-state index contributed by atoms with van der Waals surface area (Å²) in [6.45, 7) is 10.5. The lowest BCUT2D eigenvalue weighted by Gasteiger charge is -2.26. The average Bonchev–Trinajstić information content (AvgIpc) is 3.30. The van der Waals surface area contributed by atoms with Crippen LogP contribution in [0.1, 0.15) is 34.3 Å². The number of hydrogen-bond donors (Lipinski definition) is 1. The van der Waals surface area contributed by atoms with Crippen molar-refractivity contribution < 1.29 is 9.53 Å². The SMILES string of the molecule is Cc1ccn(CCN2CCOCC2)c(=O)c1C(=O)Nc1cccc(N2CCCC2)c1C. The molecule has 2 fully saturated rings. The second kappa shape index (κ2) is 9.66. The maximum Gasteiger partial charge on any atom is 0.263 e. The monoisotopic (exact) mass is 424 g/mol. The summed E-state index contributed by atoms with van der Waals surface area (Å²) in [6.07, 6.45) is 4.18. The minimum absolute atomic E-state index is 0.218. The van der Waals surface area contributed by atoms with E-state index in [2.05, 4.69) is 21.2 Å². The van der Waals surface area contributed by atoms with Gasteiger partial charge in [-0.1, -0.05) is 6.07 Å². The van der Waals surface area contributed by atoms with Gasteiger partial charge >= 0.3 is 0 Å². The smallest absolute Gasteiger partial charge is 0.263 e. The van der Waals surface area contributed by atoms with Crippen LogP contribution in [0.15, 0.2) is 35.3 Å². The molecule has 7 heteroatoms. The Kier molecular flexibility index (Phi) is 6.73. The van der Waals surface area contributed by atoms with Crippen molar-refractivity contribution in [2.24, 2.45) is 0 Å². The van der Waals surface area contributed by atoms with Crippen LogP contribution in [0, 0.1) is 13.8 Å². The van der Waals surface area contributed by atoms with Gasteiger partial charge in [0.15, 0.2) is 0 Å². The van der Waals surface area contributed by atoms with Gasteiger partial charge in [0.25, 0.3) is 11.5 Å². The number of nitrogens with one attached hydrogen (secondary N) is 1. The summed E-state index contributed by atoms with van der Waals surface area (Å²) in [7, 11) is 0. The molecule has 0 aliphatic carbocycles. The molecule has 0 spiro atoms. The summed E-state index contributed by atoms with van der Waals surface area (Å²) in [6, 6.07) is 7.82. The normalized spacial score (nSPS) is 17.2. The minimum Gasteiger partial charge on any atom is -0.379 e. The van der Waals surface area contributed by atoms with E-state index < -0.39 is 0 Å². The Bertz CT molecular complexity index is 989. The standard InChI is InChI=1S/C24H32N4O3/c1-18-8-11-28(13-12-26-14-16-31-17-15-26)24(30)22(18)23(29)25-20-6-5-7-21(19(20)2)27-9-3-4-10-27/h5-8,11H,3-4,9-10,12-17H2,1-2H3,(H,25,29). The molecule has 0 atom stereocenters. The first-order valence-electron chi connectivity index (χ1n) is 11.2. The highest BCUT2D eigenvalue weighted by molar-refractivity contribution is 6.05. The van der Waals surface area contributed by atoms with Crippen LogP contribution in [0.3, 0.4) is 0 Å². The van der Waals surface area contributed by atoms with Crippen LogP contribution in [0.2, 0.25) is 0 Å². The van der Waals surface area contributed by atoms with E-state index in [9.17, 15) is 9.59 Å². The quantitative estimate of drug-likeness (QED) is 0.772. The third-order valence-electron chi connectivity index (χ3n) is 6.36. The van der Waals surface area contributed by atoms with E-state index in [4.69, 9.17) is 4.74 Å². The number of hydrogen-bond acceptors (Lipinski definition) is 5. The first kappa shape index (κ1) is 21.6. The molecule has 1 N–H and O–H groups in total. The van der Waals surface area contributed by atoms with Crippen LogP contribution in [0.4, 0.5) is 11.4 Å². The highest BCUT2D eigenvalue weighted by Crippen LogP contribution is 2.29. The zero-order chi connectivity index (χ0) is 21.8. The lowest BCUT2D eigenvalue weighted by atomic mass is 10.1. The third kappa shape index (κ3) is 4.83. The molecular formula is C24H32N4O3. The maximum absolute atomic E-state index is 13.1. The van der Waals surface area contributed by atoms with E-state index in [1.807, 2.05) is 32.0 Å². The molecule has 166 valence electrons. The number of aromatic nitrogens is 1. The number of carbonyl (C=O) groups excluding carboxylic acids is 1. The van der Waals surface area contributed by atoms with Crippen LogP contribution in [0.25, 0.3) is 0 Å². The fraction of sp³-hybridized carbons (Fsp3) is 0.500. The lowest BCUT2D eigenvalue weighted by molar-refractivity contribution is 0.0363. The molecule has 3 heterocycles. The first-order chi connectivity index (χ1) is 15.0. The number of carbonyl (C=O) groups is 1. The summed E-state index contributed by atoms with van der Waals surface area (Å²) in [5.74, 6) is -0.343. The molecule has 2 aliphatic heterocycles. The molecule has 0 unspecified atom stereocenters. The van der Waals surface area contributed by atoms with Gasteiger partial charge in [-0.3, -0.25) is 14.5 Å². The molecule has 0 bridgehead atoms. The van der Waals surface area contributed by atoms with Crippen LogP contribution >= 0.6 is 0 Å². The minimum atomic E-state index is -0.343. The first-order valence-corrected chi connectivity index (χ1v) is 11.2. The van der Waals surface area contributed by atoms with Crippen LogP contribution < -0.4 is 15.8 Å². The van der Waals surface area contributed by atoms with Gasteiger partial charge in [-0.2, -0.15) is 0 Å². The highest BCUT2D eigenvalue weighted by atomic mass is 16.5. The van der Waals surface area contributed by atoms with Crippen molar-refractivity contribution in [3.8, 4) is 0 Å². The van der Waals surface area contributed by atoms with E-state index >= 15 is 0 Å². The van der Waals surface area contributed by atoms with Crippen LogP contribution in [-0.2, 0) is 11.3 Å². The summed E-state index contributed by atoms with van der Waals surface area (Å²) < 4.78 is 7.03. The zero-order valence-corrected chi connectivity index (χ0v) is 18.5. The van der Waals surface area contributed by atoms with Gasteiger partial charge < -0.3 is 19.5 Å². The summed E-state index contributed by atoms with van der Waals surface area (Å²) in [4.78, 5) is 30.9. The second-order valence-corrected chi connectivity index (χ2v) is 8.42. The van der Waals surface area contributed by atoms with Crippen molar-refractivity contribution in [2.75, 3.05) is 56.2 Å². The number of benzene rings is 1. The third-order valence-corrected chi connectivity index (χ3v) is 6.36. The number of pyridine rings is 1. The van der Waals surface area contributed by atoms with E-state index in [0.29, 0.717) is 12.1 Å². The van der Waals surface area contributed by atoms with Gasteiger partial charge in [-0.05, 0) is 56.0 Å². The highest BCUT2D eigenvalue weighted by Gasteiger charge is 2.20. The largest absolute Gasteiger partial charge is 0.379 e. The van der Waals surface area contributed by atoms with Crippen molar-refractivity contribution in [3.05, 3.63) is 57.5 Å². The number of anilines is 2. The van der Waals surface area contributed by atoms with Gasteiger partial charge in [0.05, 0.1) is 13.2 Å². The predicted octanol–water partition coefficient (Wildman–Crippen LogP) is 2.65. The molecular weight excluding hydrogens is 392 g/mol. The Morgan fingerprint density at radius 1 is 1.03 bits per heavy atom. The number of amides is 1. The van der Waals surface area contributed by atoms with Crippen molar-refractivity contribution in [2.45, 2.75) is 33.2 Å². The Morgan fingerprint density at radius 3 is 2.52 bits per heavy atom. The molecule has 31 heavy (non-hydrogen) atoms. The van der Waals surface area contributed by atoms with E-state index in [1.54, 1.807) is 10.8 Å². The van der Waals surface area contributed by atoms with E-state index in [0.717, 1.165) is 62.9 Å². The number of nitrogens with zero attached hydrogens (tertiary/aromatic N) is 3. The second-order valence-electron chi connectivity index (χ2n) is 8.42. The molecule has 1 aromatic heterocycles. The number of rotatable bonds is 6. The van der Waals surface area contributed by atoms with Crippen molar-refractivity contribution in [1.29, 1.82) is 0 Å². The van der Waals surface area contributed by atoms with Crippen molar-refractivity contribution >= 4 is 17.3 Å². The lowest BCUT2D eigenvalue weighted by Crippen LogP contribution is -2.40. The Labute approximate surface area is 183 Å². The Hall–Kier alpha value is -2.64. The van der Waals surface area contributed by atoms with Gasteiger partial charge in [-0.15, -0.1) is 0 Å². The van der Waals surface area contributed by atoms with Gasteiger partial charge in [-0.25, -0.2) is 0 Å². The Balaban J connectivity index is 1.52. The number of aryl methyl sites for hydroxylation is 1. The van der Waals surface area contributed by atoms with E-state index in [-0.39, 0.29) is 17.0 Å².